The average Bonchev–Trinajstić information content (AvgIpc) is 0.662. The molecule has 1 aliphatic rings. The van der Waals surface area contributed by atoms with Crippen LogP contribution in [0.4, 0.5) is 34.1 Å². The van der Waals surface area contributed by atoms with Crippen molar-refractivity contribution in [3.05, 3.63) is 204 Å². The molecule has 0 aliphatic carbocycles. The van der Waals surface area contributed by atoms with E-state index < -0.39 is 291 Å². The number of rotatable bonds is 6. The molecule has 9 rings (SSSR count). The first-order valence-electron chi connectivity index (χ1n) is 33.6. The van der Waals surface area contributed by atoms with Gasteiger partial charge in [-0.1, -0.05) is 153 Å². The predicted molar refractivity (Wildman–Crippen MR) is 216 cm³/mol. The number of hydrogen-bond acceptors (Lipinski definition) is 2. The van der Waals surface area contributed by atoms with Gasteiger partial charge in [0.25, 0.3) is 0 Å². The maximum absolute atomic E-state index is 10.3. The van der Waals surface area contributed by atoms with Gasteiger partial charge >= 0.3 is 0 Å². The standard InChI is InChI=1S/C49H38N2/c1-49(2)44-27-14-15-28-46(44)51(48-42-26-13-12-19-36(42)29-31-43(48)35-17-6-3-7-18-35)47-32-30-38(34-45(47)49)37-20-16-25-41(33-37)50(39-21-8-4-9-22-39)40-23-10-5-11-24-40/h3-34H,1-2H3/i1D3,2D3,3D,4D,5D,6D,7D,8D,9D,10D,11D,12D,13D,14D,15D,16D,17D,18D,19D,20D,21D,22D,23D,24D,25D,26D,27D,28D,29D,30D,31D,32D,33D,34D. The average molecular weight is 693 g/mol. The van der Waals surface area contributed by atoms with E-state index in [0.717, 1.165) is 0 Å². The van der Waals surface area contributed by atoms with Gasteiger partial charge in [0.1, 0.15) is 0 Å². The summed E-state index contributed by atoms with van der Waals surface area (Å²) >= 11 is 0. The maximum atomic E-state index is 10.3. The minimum atomic E-state index is -4.37. The molecule has 0 atom stereocenters. The summed E-state index contributed by atoms with van der Waals surface area (Å²) in [5, 5.41) is -2.05. The van der Waals surface area contributed by atoms with E-state index in [4.69, 9.17) is 27.4 Å². The molecule has 0 fully saturated rings. The zero-order chi connectivity index (χ0) is 67.2. The van der Waals surface area contributed by atoms with Crippen LogP contribution in [-0.2, 0) is 5.41 Å². The van der Waals surface area contributed by atoms with Crippen molar-refractivity contribution in [1.82, 2.24) is 0 Å². The first-order valence-corrected chi connectivity index (χ1v) is 14.6. The molecule has 8 aromatic carbocycles. The molecule has 0 N–H and O–H groups in total. The fraction of sp³-hybridized carbons (Fsp3) is 0.0612. The van der Waals surface area contributed by atoms with Crippen molar-refractivity contribution in [3.63, 3.8) is 0 Å². The van der Waals surface area contributed by atoms with Gasteiger partial charge in [-0.05, 0) is 87.6 Å². The Morgan fingerprint density at radius 2 is 1.06 bits per heavy atom. The molecular weight excluding hydrogens is 617 g/mol. The Kier molecular flexibility index (Phi) is 2.53. The molecule has 0 spiro atoms. The van der Waals surface area contributed by atoms with Crippen molar-refractivity contribution in [2.24, 2.45) is 0 Å². The van der Waals surface area contributed by atoms with Crippen molar-refractivity contribution in [2.75, 3.05) is 9.80 Å². The SMILES string of the molecule is [2H]c1c([2H])c([2H])c(-c2c([2H])c([2H])c3c([2H])c([2H])c([2H])c([2H])c3c2N2c3c([2H])c([2H])c([2H])c([2H])c3C(C([2H])([2H])[2H])(C([2H])([2H])[2H])c3c([2H])c(-c4c([2H])c([2H])c([2H])c(N(c5c([2H])c([2H])c([2H])c([2H])c5[2H])c5c([2H])c([2H])c([2H])c([2H])c5[2H])c4[2H])c([2H])c([2H])c32)c([2H])c1[2H]. The van der Waals surface area contributed by atoms with Crippen molar-refractivity contribution in [1.29, 1.82) is 0 Å². The van der Waals surface area contributed by atoms with Crippen molar-refractivity contribution in [3.8, 4) is 22.3 Å². The zero-order valence-corrected chi connectivity index (χ0v) is 25.4. The summed E-state index contributed by atoms with van der Waals surface area (Å²) in [6, 6.07) is -41.4. The van der Waals surface area contributed by atoms with Gasteiger partial charge in [-0.2, -0.15) is 0 Å². The van der Waals surface area contributed by atoms with Gasteiger partial charge in [0, 0.05) is 41.7 Å². The molecule has 0 saturated carbocycles. The minimum absolute atomic E-state index is 0.199. The third-order valence-electron chi connectivity index (χ3n) is 7.61. The van der Waals surface area contributed by atoms with Crippen LogP contribution < -0.4 is 9.80 Å². The molecule has 0 radical (unpaired) electrons. The number of nitrogens with zero attached hydrogens (tertiary/aromatic N) is 2. The largest absolute Gasteiger partial charge is 0.310 e. The Morgan fingerprint density at radius 1 is 0.471 bits per heavy atom. The molecule has 244 valence electrons. The monoisotopic (exact) mass is 693 g/mol. The highest BCUT2D eigenvalue weighted by molar-refractivity contribution is 6.07. The molecule has 8 aromatic rings. The van der Waals surface area contributed by atoms with Crippen molar-refractivity contribution >= 4 is 44.9 Å². The van der Waals surface area contributed by atoms with Gasteiger partial charge in [0.15, 0.2) is 0 Å². The molecule has 51 heavy (non-hydrogen) atoms. The van der Waals surface area contributed by atoms with Gasteiger partial charge < -0.3 is 9.80 Å². The maximum Gasteiger partial charge on any atom is 0.0651 e. The first kappa shape index (κ1) is 10.3. The Bertz CT molecular complexity index is 4390. The molecule has 2 nitrogen and oxygen atoms in total. The van der Waals surface area contributed by atoms with Crippen LogP contribution in [0.3, 0.4) is 0 Å². The minimum Gasteiger partial charge on any atom is -0.310 e. The van der Waals surface area contributed by atoms with Crippen molar-refractivity contribution in [2.45, 2.75) is 19.1 Å². The van der Waals surface area contributed by atoms with Gasteiger partial charge in [-0.15, -0.1) is 0 Å². The van der Waals surface area contributed by atoms with Gasteiger partial charge in [0.2, 0.25) is 0 Å². The van der Waals surface area contributed by atoms with Gasteiger partial charge in [-0.25, -0.2) is 0 Å². The molecule has 2 heteroatoms. The molecule has 0 aromatic heterocycles. The predicted octanol–water partition coefficient (Wildman–Crippen LogP) is 13.8. The van der Waals surface area contributed by atoms with E-state index in [1.165, 1.54) is 0 Å². The summed E-state index contributed by atoms with van der Waals surface area (Å²) in [6.07, 6.45) is 0. The van der Waals surface area contributed by atoms with Crippen LogP contribution in [0.25, 0.3) is 33.0 Å². The van der Waals surface area contributed by atoms with Crippen molar-refractivity contribution < 1.29 is 52.1 Å². The van der Waals surface area contributed by atoms with E-state index in [-0.39, 0.29) is 9.80 Å². The summed E-state index contributed by atoms with van der Waals surface area (Å²) in [6.45, 7) is -8.74. The second kappa shape index (κ2) is 12.5. The van der Waals surface area contributed by atoms with Gasteiger partial charge in [-0.3, -0.25) is 0 Å². The highest BCUT2D eigenvalue weighted by atomic mass is 15.2. The van der Waals surface area contributed by atoms with E-state index in [1.54, 1.807) is 0 Å². The van der Waals surface area contributed by atoms with Crippen LogP contribution in [0.2, 0.25) is 0 Å². The molecule has 0 bridgehead atoms. The third-order valence-corrected chi connectivity index (χ3v) is 7.61. The highest BCUT2D eigenvalue weighted by Gasteiger charge is 2.38. The Morgan fingerprint density at radius 3 is 1.80 bits per heavy atom. The Balaban J connectivity index is 1.64. The smallest absolute Gasteiger partial charge is 0.0651 e. The molecule has 1 heterocycles. The lowest BCUT2D eigenvalue weighted by Crippen LogP contribution is -2.31. The number of hydrogen-bond donors (Lipinski definition) is 0. The number of benzene rings is 8. The van der Waals surface area contributed by atoms with E-state index in [0.29, 0.717) is 0 Å². The van der Waals surface area contributed by atoms with Crippen LogP contribution >= 0.6 is 0 Å². The fourth-order valence-electron chi connectivity index (χ4n) is 5.46. The Labute approximate surface area is 353 Å². The quantitative estimate of drug-likeness (QED) is 0.171. The second-order valence-corrected chi connectivity index (χ2v) is 10.5. The molecule has 0 unspecified atom stereocenters. The molecule has 0 amide bonds. The van der Waals surface area contributed by atoms with Crippen LogP contribution in [0.15, 0.2) is 193 Å². The van der Waals surface area contributed by atoms with E-state index >= 15 is 0 Å². The topological polar surface area (TPSA) is 6.48 Å². The fourth-order valence-corrected chi connectivity index (χ4v) is 5.46. The lowest BCUT2D eigenvalue weighted by atomic mass is 9.72. The van der Waals surface area contributed by atoms with E-state index in [2.05, 4.69) is 0 Å². The third kappa shape index (κ3) is 5.28. The zero-order valence-electron chi connectivity index (χ0n) is 63.4. The number of anilines is 6. The summed E-state index contributed by atoms with van der Waals surface area (Å²) in [7, 11) is 0. The molecule has 1 aliphatic heterocycles. The summed E-state index contributed by atoms with van der Waals surface area (Å²) in [4.78, 5) is 0.470. The Hall–Kier alpha value is -6.38. The lowest BCUT2D eigenvalue weighted by Gasteiger charge is -2.43. The van der Waals surface area contributed by atoms with Crippen LogP contribution in [0.5, 0.6) is 0 Å². The number of fused-ring (bicyclic) bond motifs is 3. The summed E-state index contributed by atoms with van der Waals surface area (Å²) < 4.78 is 347. The van der Waals surface area contributed by atoms with Crippen LogP contribution in [0.1, 0.15) is 76.9 Å². The van der Waals surface area contributed by atoms with E-state index in [9.17, 15) is 24.7 Å². The highest BCUT2D eigenvalue weighted by Crippen LogP contribution is 2.55. The van der Waals surface area contributed by atoms with E-state index in [1.807, 2.05) is 0 Å². The normalized spacial score (nSPS) is 24.0. The summed E-state index contributed by atoms with van der Waals surface area (Å²) in [5.74, 6) is 0. The molecular formula is C49H38N2. The summed E-state index contributed by atoms with van der Waals surface area (Å²) in [5.41, 5.74) is -20.5. The second-order valence-electron chi connectivity index (χ2n) is 10.5. The number of para-hydroxylation sites is 3. The van der Waals surface area contributed by atoms with Gasteiger partial charge in [0.05, 0.1) is 60.9 Å². The van der Waals surface area contributed by atoms with Crippen LogP contribution in [0, 0.1) is 0 Å². The van der Waals surface area contributed by atoms with Crippen LogP contribution in [-0.4, -0.2) is 0 Å². The first-order chi connectivity index (χ1) is 40.9. The molecule has 0 saturated heterocycles. The lowest BCUT2D eigenvalue weighted by molar-refractivity contribution is 0.632.